The van der Waals surface area contributed by atoms with E-state index in [1.807, 2.05) is 0 Å². The predicted octanol–water partition coefficient (Wildman–Crippen LogP) is 4.04. The lowest BCUT2D eigenvalue weighted by molar-refractivity contribution is -0.119. The number of nitrogens with one attached hydrogen (secondary N) is 1. The van der Waals surface area contributed by atoms with Crippen LogP contribution in [0.4, 0.5) is 0 Å². The van der Waals surface area contributed by atoms with Crippen molar-refractivity contribution >= 4 is 5.91 Å². The van der Waals surface area contributed by atoms with E-state index in [2.05, 4.69) is 34.5 Å². The first-order chi connectivity index (χ1) is 12.6. The van der Waals surface area contributed by atoms with Gasteiger partial charge in [-0.1, -0.05) is 30.7 Å². The van der Waals surface area contributed by atoms with Crippen LogP contribution in [0.25, 0.3) is 0 Å². The van der Waals surface area contributed by atoms with E-state index in [1.54, 1.807) is 6.92 Å². The van der Waals surface area contributed by atoms with Gasteiger partial charge in [0.05, 0.1) is 6.04 Å². The normalized spacial score (nSPS) is 35.0. The zero-order valence-corrected chi connectivity index (χ0v) is 16.0. The topological polar surface area (TPSA) is 32.3 Å². The molecule has 1 aromatic carbocycles. The van der Waals surface area contributed by atoms with Gasteiger partial charge in [-0.2, -0.15) is 0 Å². The Kier molecular flexibility index (Phi) is 4.11. The van der Waals surface area contributed by atoms with Crippen LogP contribution < -0.4 is 5.32 Å². The molecule has 1 aromatic rings. The van der Waals surface area contributed by atoms with Gasteiger partial charge in [0.25, 0.3) is 0 Å². The lowest BCUT2D eigenvalue weighted by Crippen LogP contribution is -2.44. The Labute approximate surface area is 157 Å². The largest absolute Gasteiger partial charge is 0.349 e. The number of fused-ring (bicyclic) bond motifs is 4. The molecule has 1 amide bonds. The SMILES string of the molecule is CC(=O)NC1CC2(CCN(C[C@H]3C[C@H]4CC[C@@H]3C4)CC2)c2ccccc21. The van der Waals surface area contributed by atoms with Gasteiger partial charge in [0, 0.05) is 18.9 Å². The fraction of sp³-hybridized carbons (Fsp3) is 0.696. The van der Waals surface area contributed by atoms with Crippen molar-refractivity contribution in [1.82, 2.24) is 10.2 Å². The molecule has 1 aliphatic heterocycles. The molecule has 3 aliphatic carbocycles. The van der Waals surface area contributed by atoms with Crippen LogP contribution in [0.15, 0.2) is 24.3 Å². The van der Waals surface area contributed by atoms with Crippen molar-refractivity contribution in [3.8, 4) is 0 Å². The van der Waals surface area contributed by atoms with Crippen LogP contribution in [0.2, 0.25) is 0 Å². The number of benzene rings is 1. The highest BCUT2D eigenvalue weighted by Crippen LogP contribution is 2.52. The van der Waals surface area contributed by atoms with E-state index in [4.69, 9.17) is 0 Å². The highest BCUT2D eigenvalue weighted by molar-refractivity contribution is 5.73. The molecule has 3 nitrogen and oxygen atoms in total. The maximum atomic E-state index is 11.7. The third-order valence-corrected chi connectivity index (χ3v) is 8.07. The summed E-state index contributed by atoms with van der Waals surface area (Å²) >= 11 is 0. The zero-order chi connectivity index (χ0) is 17.7. The third kappa shape index (κ3) is 2.79. The standard InChI is InChI=1S/C23H32N2O/c1-16(26)24-22-14-23(21-5-3-2-4-20(21)22)8-10-25(11-9-23)15-19-13-17-6-7-18(19)12-17/h2-5,17-19,22H,6-15H2,1H3,(H,24,26)/t17-,18+,19+,22?/m0/s1. The summed E-state index contributed by atoms with van der Waals surface area (Å²) in [6.45, 7) is 5.45. The van der Waals surface area contributed by atoms with E-state index in [-0.39, 0.29) is 17.4 Å². The fourth-order valence-corrected chi connectivity index (χ4v) is 6.84. The Bertz CT molecular complexity index is 691. The summed E-state index contributed by atoms with van der Waals surface area (Å²) < 4.78 is 0. The molecule has 2 bridgehead atoms. The number of amides is 1. The summed E-state index contributed by atoms with van der Waals surface area (Å²) in [6, 6.07) is 9.06. The molecule has 26 heavy (non-hydrogen) atoms. The molecule has 3 heteroatoms. The summed E-state index contributed by atoms with van der Waals surface area (Å²) in [7, 11) is 0. The number of nitrogens with zero attached hydrogens (tertiary/aromatic N) is 1. The first-order valence-electron chi connectivity index (χ1n) is 10.7. The van der Waals surface area contributed by atoms with Crippen molar-refractivity contribution in [3.05, 3.63) is 35.4 Å². The van der Waals surface area contributed by atoms with Crippen molar-refractivity contribution in [1.29, 1.82) is 0 Å². The second-order valence-electron chi connectivity index (χ2n) is 9.56. The Morgan fingerprint density at radius 1 is 1.19 bits per heavy atom. The summed E-state index contributed by atoms with van der Waals surface area (Å²) in [5.41, 5.74) is 3.16. The van der Waals surface area contributed by atoms with Gasteiger partial charge in [-0.25, -0.2) is 0 Å². The van der Waals surface area contributed by atoms with Crippen molar-refractivity contribution in [2.45, 2.75) is 63.3 Å². The monoisotopic (exact) mass is 352 g/mol. The van der Waals surface area contributed by atoms with Gasteiger partial charge in [0.15, 0.2) is 0 Å². The second-order valence-corrected chi connectivity index (χ2v) is 9.56. The molecule has 1 N–H and O–H groups in total. The number of piperidine rings is 1. The minimum Gasteiger partial charge on any atom is -0.349 e. The summed E-state index contributed by atoms with van der Waals surface area (Å²) in [5, 5.41) is 3.21. The molecule has 1 saturated heterocycles. The fourth-order valence-electron chi connectivity index (χ4n) is 6.84. The molecular formula is C23H32N2O. The average Bonchev–Trinajstić information content (AvgIpc) is 3.32. The van der Waals surface area contributed by atoms with Crippen LogP contribution in [-0.4, -0.2) is 30.4 Å². The van der Waals surface area contributed by atoms with Crippen LogP contribution in [0, 0.1) is 17.8 Å². The molecular weight excluding hydrogens is 320 g/mol. The van der Waals surface area contributed by atoms with Gasteiger partial charge < -0.3 is 10.2 Å². The Balaban J connectivity index is 1.27. The van der Waals surface area contributed by atoms with E-state index >= 15 is 0 Å². The van der Waals surface area contributed by atoms with Gasteiger partial charge in [0.1, 0.15) is 0 Å². The quantitative estimate of drug-likeness (QED) is 0.890. The molecule has 1 spiro atoms. The molecule has 4 aliphatic rings. The van der Waals surface area contributed by atoms with Gasteiger partial charge in [-0.15, -0.1) is 0 Å². The Morgan fingerprint density at radius 3 is 2.69 bits per heavy atom. The lowest BCUT2D eigenvalue weighted by atomic mass is 9.73. The first-order valence-corrected chi connectivity index (χ1v) is 10.7. The van der Waals surface area contributed by atoms with Crippen LogP contribution in [0.3, 0.4) is 0 Å². The van der Waals surface area contributed by atoms with Gasteiger partial charge in [-0.05, 0) is 80.5 Å². The van der Waals surface area contributed by atoms with E-state index in [9.17, 15) is 4.79 Å². The first kappa shape index (κ1) is 16.8. The van der Waals surface area contributed by atoms with E-state index < -0.39 is 0 Å². The van der Waals surface area contributed by atoms with E-state index in [1.165, 1.54) is 69.3 Å². The second kappa shape index (κ2) is 6.37. The molecule has 140 valence electrons. The summed E-state index contributed by atoms with van der Waals surface area (Å²) in [6.07, 6.45) is 9.62. The van der Waals surface area contributed by atoms with Gasteiger partial charge in [0.2, 0.25) is 5.91 Å². The maximum Gasteiger partial charge on any atom is 0.217 e. The number of hydrogen-bond donors (Lipinski definition) is 1. The van der Waals surface area contributed by atoms with Crippen molar-refractivity contribution < 1.29 is 4.79 Å². The molecule has 1 unspecified atom stereocenters. The predicted molar refractivity (Wildman–Crippen MR) is 104 cm³/mol. The van der Waals surface area contributed by atoms with E-state index in [0.717, 1.165) is 24.2 Å². The molecule has 0 aromatic heterocycles. The average molecular weight is 353 g/mol. The number of carbonyl (C=O) groups excluding carboxylic acids is 1. The molecule has 2 saturated carbocycles. The number of carbonyl (C=O) groups is 1. The molecule has 3 fully saturated rings. The maximum absolute atomic E-state index is 11.7. The minimum atomic E-state index is 0.0931. The Morgan fingerprint density at radius 2 is 2.00 bits per heavy atom. The number of hydrogen-bond acceptors (Lipinski definition) is 2. The van der Waals surface area contributed by atoms with Crippen molar-refractivity contribution in [2.24, 2.45) is 17.8 Å². The van der Waals surface area contributed by atoms with Crippen LogP contribution in [0.1, 0.15) is 69.0 Å². The molecule has 1 heterocycles. The smallest absolute Gasteiger partial charge is 0.217 e. The van der Waals surface area contributed by atoms with Gasteiger partial charge >= 0.3 is 0 Å². The highest BCUT2D eigenvalue weighted by Gasteiger charge is 2.46. The van der Waals surface area contributed by atoms with Crippen LogP contribution >= 0.6 is 0 Å². The lowest BCUT2D eigenvalue weighted by Gasteiger charge is -2.42. The summed E-state index contributed by atoms with van der Waals surface area (Å²) in [5.74, 6) is 3.16. The highest BCUT2D eigenvalue weighted by atomic mass is 16.1. The van der Waals surface area contributed by atoms with Crippen LogP contribution in [0.5, 0.6) is 0 Å². The molecule has 4 atom stereocenters. The van der Waals surface area contributed by atoms with E-state index in [0.29, 0.717) is 0 Å². The van der Waals surface area contributed by atoms with Crippen molar-refractivity contribution in [2.75, 3.05) is 19.6 Å². The molecule has 0 radical (unpaired) electrons. The number of likely N-dealkylation sites (tertiary alicyclic amines) is 1. The number of rotatable bonds is 3. The molecule has 5 rings (SSSR count). The van der Waals surface area contributed by atoms with Crippen LogP contribution in [-0.2, 0) is 10.2 Å². The summed E-state index contributed by atoms with van der Waals surface area (Å²) in [4.78, 5) is 14.4. The van der Waals surface area contributed by atoms with Crippen molar-refractivity contribution in [3.63, 3.8) is 0 Å². The van der Waals surface area contributed by atoms with Gasteiger partial charge in [-0.3, -0.25) is 4.79 Å². The third-order valence-electron chi connectivity index (χ3n) is 8.07. The Hall–Kier alpha value is -1.35. The minimum absolute atomic E-state index is 0.0931. The zero-order valence-electron chi connectivity index (χ0n) is 16.0.